The maximum atomic E-state index is 10.8. The summed E-state index contributed by atoms with van der Waals surface area (Å²) in [5.41, 5.74) is -0.460. The summed E-state index contributed by atoms with van der Waals surface area (Å²) >= 11 is 1.53. The van der Waals surface area contributed by atoms with Crippen LogP contribution in [0.1, 0.15) is 17.8 Å². The zero-order valence-corrected chi connectivity index (χ0v) is 7.30. The Morgan fingerprint density at radius 3 is 2.92 bits per heavy atom. The number of rotatable bonds is 3. The molecule has 12 heavy (non-hydrogen) atoms. The molecule has 1 aliphatic carbocycles. The smallest absolute Gasteiger partial charge is 0.310 e. The zero-order valence-electron chi connectivity index (χ0n) is 6.49. The van der Waals surface area contributed by atoms with Gasteiger partial charge in [0, 0.05) is 18.0 Å². The Hall–Kier alpha value is -0.900. The molecule has 64 valence electrons. The van der Waals surface area contributed by atoms with Crippen LogP contribution >= 0.6 is 11.3 Å². The predicted octanol–water partition coefficient (Wildman–Crippen LogP) is 1.55. The van der Waals surface area contributed by atoms with Gasteiger partial charge in [0.15, 0.2) is 0 Å². The van der Waals surface area contributed by atoms with Crippen LogP contribution in [0.3, 0.4) is 0 Å². The Bertz CT molecular complexity index is 290. The average Bonchev–Trinajstić information content (AvgIpc) is 2.60. The number of carboxylic acids is 1. The van der Waals surface area contributed by atoms with Crippen LogP contribution in [0.4, 0.5) is 0 Å². The van der Waals surface area contributed by atoms with Crippen LogP contribution in [0.2, 0.25) is 0 Å². The molecule has 1 aromatic rings. The highest BCUT2D eigenvalue weighted by molar-refractivity contribution is 7.09. The van der Waals surface area contributed by atoms with Crippen LogP contribution in [0.5, 0.6) is 0 Å². The molecule has 3 nitrogen and oxygen atoms in total. The van der Waals surface area contributed by atoms with Crippen molar-refractivity contribution in [2.24, 2.45) is 5.41 Å². The van der Waals surface area contributed by atoms with Gasteiger partial charge >= 0.3 is 5.97 Å². The number of aromatic nitrogens is 1. The molecule has 0 unspecified atom stereocenters. The van der Waals surface area contributed by atoms with Gasteiger partial charge in [-0.3, -0.25) is 4.79 Å². The van der Waals surface area contributed by atoms with E-state index in [0.29, 0.717) is 6.42 Å². The number of thiazole rings is 1. The first-order chi connectivity index (χ1) is 5.73. The number of hydrogen-bond donors (Lipinski definition) is 1. The van der Waals surface area contributed by atoms with Gasteiger partial charge in [0.25, 0.3) is 0 Å². The van der Waals surface area contributed by atoms with Crippen LogP contribution in [0.25, 0.3) is 0 Å². The minimum absolute atomic E-state index is 0.460. The molecule has 2 rings (SSSR count). The van der Waals surface area contributed by atoms with Gasteiger partial charge in [-0.05, 0) is 12.8 Å². The summed E-state index contributed by atoms with van der Waals surface area (Å²) in [6.07, 6.45) is 3.95. The number of aliphatic carboxylic acids is 1. The molecule has 1 aliphatic rings. The van der Waals surface area contributed by atoms with E-state index in [1.165, 1.54) is 11.3 Å². The van der Waals surface area contributed by atoms with Crippen LogP contribution in [0.15, 0.2) is 11.6 Å². The van der Waals surface area contributed by atoms with Gasteiger partial charge < -0.3 is 5.11 Å². The van der Waals surface area contributed by atoms with Crippen LogP contribution in [-0.2, 0) is 11.2 Å². The van der Waals surface area contributed by atoms with Gasteiger partial charge in [-0.25, -0.2) is 4.98 Å². The lowest BCUT2D eigenvalue weighted by atomic mass is 10.0. The molecular formula is C8H9NO2S. The standard InChI is InChI=1S/C8H9NO2S/c10-7(11)8(1-2-8)5-6-9-3-4-12-6/h3-4H,1-2,5H2,(H,10,11). The van der Waals surface area contributed by atoms with Gasteiger partial charge in [-0.1, -0.05) is 0 Å². The number of nitrogens with zero attached hydrogens (tertiary/aromatic N) is 1. The zero-order chi connectivity index (χ0) is 8.60. The quantitative estimate of drug-likeness (QED) is 0.773. The van der Waals surface area contributed by atoms with E-state index in [1.807, 2.05) is 5.38 Å². The second-order valence-corrected chi connectivity index (χ2v) is 4.17. The number of hydrogen-bond acceptors (Lipinski definition) is 3. The van der Waals surface area contributed by atoms with Crippen molar-refractivity contribution in [1.82, 2.24) is 4.98 Å². The van der Waals surface area contributed by atoms with Gasteiger partial charge in [0.05, 0.1) is 10.4 Å². The second-order valence-electron chi connectivity index (χ2n) is 3.19. The summed E-state index contributed by atoms with van der Waals surface area (Å²) in [5, 5.41) is 11.7. The Morgan fingerprint density at radius 1 is 1.75 bits per heavy atom. The van der Waals surface area contributed by atoms with E-state index in [-0.39, 0.29) is 0 Å². The van der Waals surface area contributed by atoms with Crippen LogP contribution in [-0.4, -0.2) is 16.1 Å². The van der Waals surface area contributed by atoms with E-state index >= 15 is 0 Å². The Kier molecular flexibility index (Phi) is 1.65. The lowest BCUT2D eigenvalue weighted by molar-refractivity contribution is -0.143. The number of carbonyl (C=O) groups is 1. The monoisotopic (exact) mass is 183 g/mol. The van der Waals surface area contributed by atoms with E-state index in [1.54, 1.807) is 6.20 Å². The van der Waals surface area contributed by atoms with Crippen molar-refractivity contribution < 1.29 is 9.90 Å². The van der Waals surface area contributed by atoms with E-state index in [2.05, 4.69) is 4.98 Å². The van der Waals surface area contributed by atoms with Crippen molar-refractivity contribution in [1.29, 1.82) is 0 Å². The molecule has 1 saturated carbocycles. The normalized spacial score (nSPS) is 19.0. The fourth-order valence-corrected chi connectivity index (χ4v) is 2.01. The highest BCUT2D eigenvalue weighted by Gasteiger charge is 2.50. The maximum absolute atomic E-state index is 10.8. The number of carboxylic acid groups (broad SMARTS) is 1. The van der Waals surface area contributed by atoms with Crippen molar-refractivity contribution in [3.8, 4) is 0 Å². The van der Waals surface area contributed by atoms with Crippen molar-refractivity contribution in [2.75, 3.05) is 0 Å². The molecule has 0 amide bonds. The lowest BCUT2D eigenvalue weighted by Crippen LogP contribution is -2.17. The molecule has 1 fully saturated rings. The first kappa shape index (κ1) is 7.73. The first-order valence-electron chi connectivity index (χ1n) is 3.85. The summed E-state index contributed by atoms with van der Waals surface area (Å²) in [4.78, 5) is 14.9. The summed E-state index contributed by atoms with van der Waals surface area (Å²) in [6, 6.07) is 0. The summed E-state index contributed by atoms with van der Waals surface area (Å²) < 4.78 is 0. The molecular weight excluding hydrogens is 174 g/mol. The highest BCUT2D eigenvalue weighted by atomic mass is 32.1. The SMILES string of the molecule is O=C(O)C1(Cc2nccs2)CC1. The molecule has 0 saturated heterocycles. The topological polar surface area (TPSA) is 50.2 Å². The summed E-state index contributed by atoms with van der Waals surface area (Å²) in [7, 11) is 0. The molecule has 4 heteroatoms. The van der Waals surface area contributed by atoms with Crippen molar-refractivity contribution >= 4 is 17.3 Å². The molecule has 0 atom stereocenters. The predicted molar refractivity (Wildman–Crippen MR) is 45.1 cm³/mol. The molecule has 0 radical (unpaired) electrons. The van der Waals surface area contributed by atoms with Gasteiger partial charge in [0.2, 0.25) is 0 Å². The third-order valence-corrected chi connectivity index (χ3v) is 3.06. The third kappa shape index (κ3) is 1.22. The largest absolute Gasteiger partial charge is 0.481 e. The maximum Gasteiger partial charge on any atom is 0.310 e. The minimum Gasteiger partial charge on any atom is -0.481 e. The lowest BCUT2D eigenvalue weighted by Gasteiger charge is -2.05. The fraction of sp³-hybridized carbons (Fsp3) is 0.500. The highest BCUT2D eigenvalue weighted by Crippen LogP contribution is 2.48. The van der Waals surface area contributed by atoms with Crippen molar-refractivity contribution in [2.45, 2.75) is 19.3 Å². The van der Waals surface area contributed by atoms with E-state index in [9.17, 15) is 4.79 Å². The van der Waals surface area contributed by atoms with Crippen LogP contribution < -0.4 is 0 Å². The molecule has 0 bridgehead atoms. The van der Waals surface area contributed by atoms with Gasteiger partial charge in [0.1, 0.15) is 0 Å². The van der Waals surface area contributed by atoms with E-state index in [0.717, 1.165) is 17.8 Å². The Labute approximate surface area is 74.1 Å². The van der Waals surface area contributed by atoms with Crippen molar-refractivity contribution in [3.05, 3.63) is 16.6 Å². The molecule has 1 N–H and O–H groups in total. The third-order valence-electron chi connectivity index (χ3n) is 2.28. The molecule has 1 aromatic heterocycles. The fourth-order valence-electron chi connectivity index (χ4n) is 1.25. The molecule has 0 aliphatic heterocycles. The molecule has 1 heterocycles. The Morgan fingerprint density at radius 2 is 2.50 bits per heavy atom. The first-order valence-corrected chi connectivity index (χ1v) is 4.73. The van der Waals surface area contributed by atoms with Crippen LogP contribution in [0, 0.1) is 5.41 Å². The van der Waals surface area contributed by atoms with Gasteiger partial charge in [-0.15, -0.1) is 11.3 Å². The summed E-state index contributed by atoms with van der Waals surface area (Å²) in [6.45, 7) is 0. The van der Waals surface area contributed by atoms with Crippen molar-refractivity contribution in [3.63, 3.8) is 0 Å². The minimum atomic E-state index is -0.669. The summed E-state index contributed by atoms with van der Waals surface area (Å²) in [5.74, 6) is -0.669. The molecule has 0 spiro atoms. The molecule has 0 aromatic carbocycles. The Balaban J connectivity index is 2.09. The van der Waals surface area contributed by atoms with E-state index < -0.39 is 11.4 Å². The van der Waals surface area contributed by atoms with Gasteiger partial charge in [-0.2, -0.15) is 0 Å². The average molecular weight is 183 g/mol. The van der Waals surface area contributed by atoms with E-state index in [4.69, 9.17) is 5.11 Å². The second kappa shape index (κ2) is 2.55.